The first-order valence-electron chi connectivity index (χ1n) is 5.19. The van der Waals surface area contributed by atoms with Gasteiger partial charge in [0.15, 0.2) is 0 Å². The van der Waals surface area contributed by atoms with E-state index in [2.05, 4.69) is 15.3 Å². The smallest absolute Gasteiger partial charge is 0.354 e. The number of rotatable bonds is 3. The lowest BCUT2D eigenvalue weighted by Gasteiger charge is -2.05. The van der Waals surface area contributed by atoms with Crippen molar-refractivity contribution in [1.29, 1.82) is 0 Å². The van der Waals surface area contributed by atoms with Gasteiger partial charge in [0.2, 0.25) is 0 Å². The van der Waals surface area contributed by atoms with Gasteiger partial charge in [-0.3, -0.25) is 4.79 Å². The number of hydrogen-bond donors (Lipinski definition) is 2. The van der Waals surface area contributed by atoms with Crippen molar-refractivity contribution in [3.63, 3.8) is 0 Å². The van der Waals surface area contributed by atoms with Crippen LogP contribution in [-0.2, 0) is 0 Å². The highest BCUT2D eigenvalue weighted by Gasteiger charge is 2.10. The lowest BCUT2D eigenvalue weighted by molar-refractivity contribution is 0.0690. The van der Waals surface area contributed by atoms with Crippen molar-refractivity contribution in [3.05, 3.63) is 53.1 Å². The first-order chi connectivity index (χ1) is 9.06. The van der Waals surface area contributed by atoms with Crippen molar-refractivity contribution in [2.75, 3.05) is 5.32 Å². The molecule has 0 bridgehead atoms. The molecule has 0 aliphatic heterocycles. The molecule has 0 radical (unpaired) electrons. The van der Waals surface area contributed by atoms with Gasteiger partial charge in [-0.2, -0.15) is 0 Å². The van der Waals surface area contributed by atoms with Crippen LogP contribution in [0.4, 0.5) is 5.69 Å². The Kier molecular flexibility index (Phi) is 3.72. The summed E-state index contributed by atoms with van der Waals surface area (Å²) in [6, 6.07) is 7.38. The molecule has 0 aromatic carbocycles. The average Bonchev–Trinajstić information content (AvgIpc) is 2.39. The third-order valence-electron chi connectivity index (χ3n) is 2.18. The maximum atomic E-state index is 11.8. The summed E-state index contributed by atoms with van der Waals surface area (Å²) in [6.07, 6.45) is 1.30. The van der Waals surface area contributed by atoms with Gasteiger partial charge in [-0.05, 0) is 24.3 Å². The Labute approximate surface area is 113 Å². The molecule has 1 amide bonds. The quantitative estimate of drug-likeness (QED) is 0.838. The van der Waals surface area contributed by atoms with Gasteiger partial charge >= 0.3 is 5.97 Å². The molecule has 96 valence electrons. The number of pyridine rings is 2. The van der Waals surface area contributed by atoms with E-state index in [1.165, 1.54) is 24.4 Å². The van der Waals surface area contributed by atoms with Crippen LogP contribution >= 0.6 is 11.6 Å². The Hall–Kier alpha value is -2.47. The second-order valence-electron chi connectivity index (χ2n) is 3.53. The molecule has 2 N–H and O–H groups in total. The van der Waals surface area contributed by atoms with Gasteiger partial charge in [-0.15, -0.1) is 0 Å². The van der Waals surface area contributed by atoms with Gasteiger partial charge in [0, 0.05) is 11.9 Å². The van der Waals surface area contributed by atoms with Crippen molar-refractivity contribution < 1.29 is 14.7 Å². The lowest BCUT2D eigenvalue weighted by atomic mass is 10.3. The second kappa shape index (κ2) is 5.45. The topological polar surface area (TPSA) is 92.2 Å². The van der Waals surface area contributed by atoms with Crippen molar-refractivity contribution >= 4 is 29.2 Å². The largest absolute Gasteiger partial charge is 0.477 e. The molecule has 0 fully saturated rings. The van der Waals surface area contributed by atoms with Crippen LogP contribution in [0.5, 0.6) is 0 Å². The predicted octanol–water partition coefficient (Wildman–Crippen LogP) is 2.08. The fourth-order valence-electron chi connectivity index (χ4n) is 1.36. The molecule has 0 saturated carbocycles. The summed E-state index contributed by atoms with van der Waals surface area (Å²) in [5.41, 5.74) is 0.303. The normalized spacial score (nSPS) is 9.95. The third kappa shape index (κ3) is 3.26. The van der Waals surface area contributed by atoms with E-state index < -0.39 is 11.9 Å². The molecule has 2 heterocycles. The molecular weight excluding hydrogens is 270 g/mol. The lowest BCUT2D eigenvalue weighted by Crippen LogP contribution is -2.14. The Morgan fingerprint density at radius 1 is 1.21 bits per heavy atom. The number of carboxylic acids is 1. The van der Waals surface area contributed by atoms with Crippen LogP contribution in [0.1, 0.15) is 21.0 Å². The summed E-state index contributed by atoms with van der Waals surface area (Å²) in [7, 11) is 0. The molecule has 6 nitrogen and oxygen atoms in total. The highest BCUT2D eigenvalue weighted by molar-refractivity contribution is 6.29. The molecule has 0 atom stereocenters. The van der Waals surface area contributed by atoms with E-state index in [0.29, 0.717) is 5.69 Å². The Balaban J connectivity index is 2.19. The van der Waals surface area contributed by atoms with Gasteiger partial charge < -0.3 is 10.4 Å². The van der Waals surface area contributed by atoms with Crippen molar-refractivity contribution in [2.45, 2.75) is 0 Å². The van der Waals surface area contributed by atoms with E-state index in [1.54, 1.807) is 12.1 Å². The van der Waals surface area contributed by atoms with Crippen molar-refractivity contribution in [3.8, 4) is 0 Å². The highest BCUT2D eigenvalue weighted by Crippen LogP contribution is 2.11. The zero-order chi connectivity index (χ0) is 13.8. The van der Waals surface area contributed by atoms with E-state index in [4.69, 9.17) is 16.7 Å². The summed E-state index contributed by atoms with van der Waals surface area (Å²) >= 11 is 5.68. The fraction of sp³-hybridized carbons (Fsp3) is 0. The minimum absolute atomic E-state index is 0.140. The van der Waals surface area contributed by atoms with E-state index in [0.717, 1.165) is 0 Å². The van der Waals surface area contributed by atoms with Crippen LogP contribution < -0.4 is 5.32 Å². The monoisotopic (exact) mass is 277 g/mol. The SMILES string of the molecule is O=C(O)c1cc(NC(=O)c2cccc(Cl)n2)ccn1. The number of hydrogen-bond acceptors (Lipinski definition) is 4. The van der Waals surface area contributed by atoms with Crippen molar-refractivity contribution in [2.24, 2.45) is 0 Å². The number of carbonyl (C=O) groups is 2. The fourth-order valence-corrected chi connectivity index (χ4v) is 1.52. The maximum Gasteiger partial charge on any atom is 0.354 e. The zero-order valence-corrected chi connectivity index (χ0v) is 10.3. The molecule has 2 aromatic rings. The highest BCUT2D eigenvalue weighted by atomic mass is 35.5. The van der Waals surface area contributed by atoms with Gasteiger partial charge in [0.25, 0.3) is 5.91 Å². The van der Waals surface area contributed by atoms with Gasteiger partial charge in [0.1, 0.15) is 16.5 Å². The number of halogens is 1. The molecule has 19 heavy (non-hydrogen) atoms. The summed E-state index contributed by atoms with van der Waals surface area (Å²) < 4.78 is 0. The summed E-state index contributed by atoms with van der Waals surface area (Å²) in [5.74, 6) is -1.65. The van der Waals surface area contributed by atoms with Crippen LogP contribution in [-0.4, -0.2) is 27.0 Å². The Morgan fingerprint density at radius 2 is 2.00 bits per heavy atom. The Bertz CT molecular complexity index is 646. The number of nitrogens with one attached hydrogen (secondary N) is 1. The standard InChI is InChI=1S/C12H8ClN3O3/c13-10-3-1-2-8(16-10)11(17)15-7-4-5-14-9(6-7)12(18)19/h1-6H,(H,18,19)(H,14,15,17). The molecule has 2 aromatic heterocycles. The van der Waals surface area contributed by atoms with Gasteiger partial charge in [-0.25, -0.2) is 14.8 Å². The van der Waals surface area contributed by atoms with Gasteiger partial charge in [0.05, 0.1) is 0 Å². The van der Waals surface area contributed by atoms with Crippen LogP contribution in [0.2, 0.25) is 5.15 Å². The van der Waals surface area contributed by atoms with E-state index in [9.17, 15) is 9.59 Å². The number of carboxylic acid groups (broad SMARTS) is 1. The van der Waals surface area contributed by atoms with Crippen LogP contribution in [0.25, 0.3) is 0 Å². The van der Waals surface area contributed by atoms with Gasteiger partial charge in [-0.1, -0.05) is 17.7 Å². The number of nitrogens with zero attached hydrogens (tertiary/aromatic N) is 2. The molecule has 0 aliphatic carbocycles. The van der Waals surface area contributed by atoms with E-state index >= 15 is 0 Å². The first kappa shape index (κ1) is 13.0. The van der Waals surface area contributed by atoms with E-state index in [-0.39, 0.29) is 16.5 Å². The van der Waals surface area contributed by atoms with Crippen LogP contribution in [0.3, 0.4) is 0 Å². The molecule has 0 spiro atoms. The molecule has 2 rings (SSSR count). The molecule has 0 aliphatic rings. The predicted molar refractivity (Wildman–Crippen MR) is 68.4 cm³/mol. The average molecular weight is 278 g/mol. The number of aromatic nitrogens is 2. The molecule has 7 heteroatoms. The molecule has 0 unspecified atom stereocenters. The maximum absolute atomic E-state index is 11.8. The van der Waals surface area contributed by atoms with Crippen molar-refractivity contribution in [1.82, 2.24) is 9.97 Å². The minimum atomic E-state index is -1.17. The van der Waals surface area contributed by atoms with Crippen LogP contribution in [0.15, 0.2) is 36.5 Å². The zero-order valence-electron chi connectivity index (χ0n) is 9.50. The number of amides is 1. The summed E-state index contributed by atoms with van der Waals surface area (Å²) in [5, 5.41) is 11.5. The summed E-state index contributed by atoms with van der Waals surface area (Å²) in [4.78, 5) is 30.1. The van der Waals surface area contributed by atoms with Crippen LogP contribution in [0, 0.1) is 0 Å². The molecule has 0 saturated heterocycles. The minimum Gasteiger partial charge on any atom is -0.477 e. The number of anilines is 1. The first-order valence-corrected chi connectivity index (χ1v) is 5.57. The molecular formula is C12H8ClN3O3. The number of aromatic carboxylic acids is 1. The third-order valence-corrected chi connectivity index (χ3v) is 2.40. The van der Waals surface area contributed by atoms with E-state index in [1.807, 2.05) is 0 Å². The summed E-state index contributed by atoms with van der Waals surface area (Å²) in [6.45, 7) is 0. The number of carbonyl (C=O) groups excluding carboxylic acids is 1. The Morgan fingerprint density at radius 3 is 2.68 bits per heavy atom. The second-order valence-corrected chi connectivity index (χ2v) is 3.92.